The zero-order chi connectivity index (χ0) is 20.6. The zero-order valence-corrected chi connectivity index (χ0v) is 17.3. The highest BCUT2D eigenvalue weighted by Gasteiger charge is 2.09. The maximum Gasteiger partial charge on any atom is 0.134 e. The molecule has 0 aliphatic carbocycles. The minimum absolute atomic E-state index is 0.826. The lowest BCUT2D eigenvalue weighted by Gasteiger charge is -2.12. The van der Waals surface area contributed by atoms with E-state index in [0.717, 1.165) is 72.6 Å². The van der Waals surface area contributed by atoms with E-state index in [2.05, 4.69) is 49.2 Å². The molecule has 30 heavy (non-hydrogen) atoms. The number of nitrogens with zero attached hydrogens (tertiary/aromatic N) is 5. The molecule has 4 rings (SSSR count). The van der Waals surface area contributed by atoms with Gasteiger partial charge in [0.1, 0.15) is 11.6 Å². The fourth-order valence-corrected chi connectivity index (χ4v) is 3.35. The van der Waals surface area contributed by atoms with Crippen molar-refractivity contribution >= 4 is 22.4 Å². The molecular formula is C23H27N7. The van der Waals surface area contributed by atoms with Crippen molar-refractivity contribution in [2.75, 3.05) is 23.7 Å². The number of nitrogens with one attached hydrogen (secondary N) is 2. The zero-order valence-electron chi connectivity index (χ0n) is 17.3. The average Bonchev–Trinajstić information content (AvgIpc) is 3.30. The van der Waals surface area contributed by atoms with E-state index in [-0.39, 0.29) is 0 Å². The molecular weight excluding hydrogens is 374 g/mol. The Kier molecular flexibility index (Phi) is 6.49. The van der Waals surface area contributed by atoms with E-state index < -0.39 is 0 Å². The van der Waals surface area contributed by atoms with E-state index in [1.165, 1.54) is 0 Å². The largest absolute Gasteiger partial charge is 0.370 e. The summed E-state index contributed by atoms with van der Waals surface area (Å²) in [6, 6.07) is 8.15. The number of aryl methyl sites for hydroxylation is 1. The van der Waals surface area contributed by atoms with Crippen LogP contribution in [0.15, 0.2) is 61.6 Å². The first-order chi connectivity index (χ1) is 14.8. The molecule has 0 aromatic carbocycles. The summed E-state index contributed by atoms with van der Waals surface area (Å²) >= 11 is 0. The molecule has 0 unspecified atom stereocenters. The number of imidazole rings is 1. The van der Waals surface area contributed by atoms with Crippen molar-refractivity contribution in [3.8, 4) is 11.3 Å². The Bertz CT molecular complexity index is 1080. The number of rotatable bonds is 10. The number of hydrogen-bond acceptors (Lipinski definition) is 6. The van der Waals surface area contributed by atoms with Crippen LogP contribution in [-0.2, 0) is 6.54 Å². The Labute approximate surface area is 176 Å². The minimum atomic E-state index is 0.826. The summed E-state index contributed by atoms with van der Waals surface area (Å²) in [6.45, 7) is 4.85. The lowest BCUT2D eigenvalue weighted by Crippen LogP contribution is -2.08. The van der Waals surface area contributed by atoms with Gasteiger partial charge in [0.25, 0.3) is 0 Å². The van der Waals surface area contributed by atoms with Gasteiger partial charge in [0.05, 0.1) is 12.0 Å². The van der Waals surface area contributed by atoms with Gasteiger partial charge in [-0.2, -0.15) is 0 Å². The second-order valence-electron chi connectivity index (χ2n) is 7.24. The summed E-state index contributed by atoms with van der Waals surface area (Å²) in [5.74, 6) is 1.76. The van der Waals surface area contributed by atoms with Crippen LogP contribution < -0.4 is 10.6 Å². The number of hydrogen-bond donors (Lipinski definition) is 2. The maximum atomic E-state index is 4.93. The lowest BCUT2D eigenvalue weighted by atomic mass is 10.1. The first-order valence-corrected chi connectivity index (χ1v) is 10.5. The third-order valence-corrected chi connectivity index (χ3v) is 4.97. The first-order valence-electron chi connectivity index (χ1n) is 10.5. The Morgan fingerprint density at radius 2 is 1.90 bits per heavy atom. The minimum Gasteiger partial charge on any atom is -0.370 e. The number of anilines is 2. The van der Waals surface area contributed by atoms with E-state index in [1.807, 2.05) is 43.2 Å². The van der Waals surface area contributed by atoms with Crippen LogP contribution in [0.4, 0.5) is 11.6 Å². The molecule has 154 valence electrons. The Balaban J connectivity index is 1.54. The molecule has 0 fully saturated rings. The van der Waals surface area contributed by atoms with Gasteiger partial charge in [-0.25, -0.2) is 15.0 Å². The monoisotopic (exact) mass is 401 g/mol. The van der Waals surface area contributed by atoms with E-state index in [1.54, 1.807) is 6.20 Å². The van der Waals surface area contributed by atoms with Gasteiger partial charge < -0.3 is 15.2 Å². The summed E-state index contributed by atoms with van der Waals surface area (Å²) in [6.07, 6.45) is 14.4. The topological polar surface area (TPSA) is 80.5 Å². The van der Waals surface area contributed by atoms with Gasteiger partial charge in [-0.15, -0.1) is 0 Å². The Hall–Kier alpha value is -3.48. The molecule has 0 saturated heterocycles. The van der Waals surface area contributed by atoms with Crippen LogP contribution in [0.5, 0.6) is 0 Å². The van der Waals surface area contributed by atoms with Crippen LogP contribution in [0.2, 0.25) is 0 Å². The second kappa shape index (κ2) is 9.82. The van der Waals surface area contributed by atoms with Crippen molar-refractivity contribution in [2.24, 2.45) is 0 Å². The van der Waals surface area contributed by atoms with Gasteiger partial charge >= 0.3 is 0 Å². The van der Waals surface area contributed by atoms with Crippen molar-refractivity contribution in [1.82, 2.24) is 24.5 Å². The molecule has 7 nitrogen and oxygen atoms in total. The molecule has 7 heteroatoms. The van der Waals surface area contributed by atoms with Gasteiger partial charge in [0.2, 0.25) is 0 Å². The summed E-state index contributed by atoms with van der Waals surface area (Å²) in [5.41, 5.74) is 1.95. The van der Waals surface area contributed by atoms with Crippen molar-refractivity contribution < 1.29 is 0 Å². The number of pyridine rings is 3. The average molecular weight is 402 g/mol. The smallest absolute Gasteiger partial charge is 0.134 e. The van der Waals surface area contributed by atoms with Crippen molar-refractivity contribution in [1.29, 1.82) is 0 Å². The highest BCUT2D eigenvalue weighted by molar-refractivity contribution is 5.94. The van der Waals surface area contributed by atoms with Crippen LogP contribution in [0.3, 0.4) is 0 Å². The van der Waals surface area contributed by atoms with Gasteiger partial charge in [0.15, 0.2) is 0 Å². The summed E-state index contributed by atoms with van der Waals surface area (Å²) in [5, 5.41) is 9.04. The highest BCUT2D eigenvalue weighted by Crippen LogP contribution is 2.28. The van der Waals surface area contributed by atoms with E-state index in [4.69, 9.17) is 4.98 Å². The molecule has 0 aliphatic rings. The molecule has 4 aromatic rings. The van der Waals surface area contributed by atoms with Gasteiger partial charge in [-0.1, -0.05) is 13.3 Å². The summed E-state index contributed by atoms with van der Waals surface area (Å²) < 4.78 is 2.08. The van der Waals surface area contributed by atoms with Gasteiger partial charge in [0, 0.05) is 67.0 Å². The lowest BCUT2D eigenvalue weighted by molar-refractivity contribution is 0.660. The molecule has 0 radical (unpaired) electrons. The SMILES string of the molecule is CCCCNc1cc(-c2cc3cnccc3c(NCCCn3ccnc3)n2)ccn1. The quantitative estimate of drug-likeness (QED) is 0.378. The van der Waals surface area contributed by atoms with Crippen molar-refractivity contribution in [3.63, 3.8) is 0 Å². The predicted octanol–water partition coefficient (Wildman–Crippen LogP) is 4.60. The van der Waals surface area contributed by atoms with Crippen LogP contribution in [0.1, 0.15) is 26.2 Å². The number of fused-ring (bicyclic) bond motifs is 1. The molecule has 0 bridgehead atoms. The molecule has 0 aliphatic heterocycles. The molecule has 4 aromatic heterocycles. The van der Waals surface area contributed by atoms with Crippen LogP contribution >= 0.6 is 0 Å². The van der Waals surface area contributed by atoms with Crippen LogP contribution in [-0.4, -0.2) is 37.6 Å². The number of aromatic nitrogens is 5. The molecule has 0 saturated carbocycles. The Morgan fingerprint density at radius 3 is 2.77 bits per heavy atom. The third kappa shape index (κ3) is 4.92. The molecule has 4 heterocycles. The van der Waals surface area contributed by atoms with E-state index in [0.29, 0.717) is 0 Å². The molecule has 0 amide bonds. The fraction of sp³-hybridized carbons (Fsp3) is 0.304. The van der Waals surface area contributed by atoms with E-state index in [9.17, 15) is 0 Å². The van der Waals surface area contributed by atoms with Crippen LogP contribution in [0, 0.1) is 0 Å². The van der Waals surface area contributed by atoms with Gasteiger partial charge in [-0.05, 0) is 37.1 Å². The highest BCUT2D eigenvalue weighted by atomic mass is 15.0. The summed E-state index contributed by atoms with van der Waals surface area (Å²) in [7, 11) is 0. The first kappa shape index (κ1) is 19.8. The Morgan fingerprint density at radius 1 is 0.967 bits per heavy atom. The predicted molar refractivity (Wildman–Crippen MR) is 122 cm³/mol. The van der Waals surface area contributed by atoms with Gasteiger partial charge in [-0.3, -0.25) is 4.98 Å². The third-order valence-electron chi connectivity index (χ3n) is 4.97. The second-order valence-corrected chi connectivity index (χ2v) is 7.24. The normalized spacial score (nSPS) is 11.0. The summed E-state index contributed by atoms with van der Waals surface area (Å²) in [4.78, 5) is 17.7. The van der Waals surface area contributed by atoms with Crippen molar-refractivity contribution in [3.05, 3.63) is 61.6 Å². The number of unbranched alkanes of at least 4 members (excludes halogenated alkanes) is 1. The molecule has 0 spiro atoms. The standard InChI is InChI=1S/C23H27N7/c1-2-3-7-26-22-15-18(5-10-27-22)21-14-19-16-24-9-6-20(19)23(29-21)28-8-4-12-30-13-11-25-17-30/h5-6,9-11,13-17H,2-4,7-8,12H2,1H3,(H,26,27)(H,28,29). The fourth-order valence-electron chi connectivity index (χ4n) is 3.35. The van der Waals surface area contributed by atoms with Crippen LogP contribution in [0.25, 0.3) is 22.0 Å². The molecule has 0 atom stereocenters. The maximum absolute atomic E-state index is 4.93. The van der Waals surface area contributed by atoms with E-state index >= 15 is 0 Å². The van der Waals surface area contributed by atoms with Crippen molar-refractivity contribution in [2.45, 2.75) is 32.7 Å². The molecule has 2 N–H and O–H groups in total.